The van der Waals surface area contributed by atoms with Gasteiger partial charge in [0.25, 0.3) is 11.8 Å². The fourth-order valence-electron chi connectivity index (χ4n) is 2.29. The van der Waals surface area contributed by atoms with Crippen molar-refractivity contribution in [1.82, 2.24) is 0 Å². The maximum absolute atomic E-state index is 11.9. The van der Waals surface area contributed by atoms with Crippen LogP contribution in [0.3, 0.4) is 0 Å². The van der Waals surface area contributed by atoms with E-state index in [0.717, 1.165) is 6.42 Å². The minimum Gasteiger partial charge on any atom is -0.481 e. The first-order chi connectivity index (χ1) is 14.4. The molecule has 3 N–H and O–H groups in total. The van der Waals surface area contributed by atoms with E-state index < -0.39 is 37.0 Å². The minimum atomic E-state index is -0.793. The van der Waals surface area contributed by atoms with Crippen LogP contribution in [0.5, 0.6) is 5.75 Å². The van der Waals surface area contributed by atoms with E-state index in [4.69, 9.17) is 19.9 Å². The predicted molar refractivity (Wildman–Crippen MR) is 107 cm³/mol. The van der Waals surface area contributed by atoms with Gasteiger partial charge in [0.2, 0.25) is 0 Å². The summed E-state index contributed by atoms with van der Waals surface area (Å²) in [5, 5.41) is 2.53. The number of carbonyl (C=O) groups is 4. The monoisotopic (exact) mass is 414 g/mol. The molecule has 2 aromatic carbocycles. The SMILES string of the molecule is CCCOC(=O)c1ccc(NC(=O)COC(=O)COc2ccccc2C(N)=O)cc1. The van der Waals surface area contributed by atoms with Crippen molar-refractivity contribution in [3.63, 3.8) is 0 Å². The molecule has 0 saturated carbocycles. The van der Waals surface area contributed by atoms with Crippen LogP contribution in [-0.2, 0) is 19.1 Å². The Kier molecular flexibility index (Phi) is 8.37. The number of carbonyl (C=O) groups excluding carboxylic acids is 4. The Labute approximate surface area is 173 Å². The molecule has 0 radical (unpaired) electrons. The molecule has 0 bridgehead atoms. The zero-order chi connectivity index (χ0) is 21.9. The van der Waals surface area contributed by atoms with Gasteiger partial charge >= 0.3 is 11.9 Å². The number of para-hydroxylation sites is 1. The molecule has 0 atom stereocenters. The number of esters is 2. The number of hydrogen-bond donors (Lipinski definition) is 2. The summed E-state index contributed by atoms with van der Waals surface area (Å²) in [6.07, 6.45) is 0.724. The van der Waals surface area contributed by atoms with E-state index in [1.54, 1.807) is 12.1 Å². The molecule has 0 unspecified atom stereocenters. The Bertz CT molecular complexity index is 910. The lowest BCUT2D eigenvalue weighted by molar-refractivity contribution is -0.149. The van der Waals surface area contributed by atoms with Gasteiger partial charge in [-0.05, 0) is 42.8 Å². The van der Waals surface area contributed by atoms with Crippen molar-refractivity contribution >= 4 is 29.4 Å². The summed E-state index contributed by atoms with van der Waals surface area (Å²) in [4.78, 5) is 46.7. The van der Waals surface area contributed by atoms with E-state index in [1.165, 1.54) is 36.4 Å². The van der Waals surface area contributed by atoms with E-state index in [0.29, 0.717) is 17.9 Å². The molecule has 9 heteroatoms. The third-order valence-electron chi connectivity index (χ3n) is 3.70. The molecule has 0 aromatic heterocycles. The summed E-state index contributed by atoms with van der Waals surface area (Å²) in [5.74, 6) is -2.35. The number of benzene rings is 2. The van der Waals surface area contributed by atoms with Gasteiger partial charge in [0, 0.05) is 5.69 Å². The molecule has 30 heavy (non-hydrogen) atoms. The third-order valence-corrected chi connectivity index (χ3v) is 3.70. The Balaban J connectivity index is 1.77. The van der Waals surface area contributed by atoms with Crippen molar-refractivity contribution in [2.45, 2.75) is 13.3 Å². The molecular weight excluding hydrogens is 392 g/mol. The number of rotatable bonds is 10. The lowest BCUT2D eigenvalue weighted by Gasteiger charge is -2.10. The minimum absolute atomic E-state index is 0.130. The Morgan fingerprint density at radius 3 is 2.30 bits per heavy atom. The van der Waals surface area contributed by atoms with Crippen LogP contribution in [0, 0.1) is 0 Å². The molecule has 158 valence electrons. The lowest BCUT2D eigenvalue weighted by Crippen LogP contribution is -2.24. The van der Waals surface area contributed by atoms with Gasteiger partial charge in [-0.2, -0.15) is 0 Å². The quantitative estimate of drug-likeness (QED) is 0.567. The average Bonchev–Trinajstić information content (AvgIpc) is 2.75. The van der Waals surface area contributed by atoms with Crippen molar-refractivity contribution in [1.29, 1.82) is 0 Å². The molecule has 9 nitrogen and oxygen atoms in total. The third kappa shape index (κ3) is 6.93. The summed E-state index contributed by atoms with van der Waals surface area (Å²) in [6.45, 7) is 1.21. The summed E-state index contributed by atoms with van der Waals surface area (Å²) in [5.41, 5.74) is 6.14. The topological polar surface area (TPSA) is 134 Å². The van der Waals surface area contributed by atoms with Crippen LogP contribution in [0.4, 0.5) is 5.69 Å². The highest BCUT2D eigenvalue weighted by molar-refractivity contribution is 5.96. The second kappa shape index (κ2) is 11.2. The van der Waals surface area contributed by atoms with Crippen LogP contribution in [0.1, 0.15) is 34.1 Å². The summed E-state index contributed by atoms with van der Waals surface area (Å²) in [6, 6.07) is 12.3. The number of anilines is 1. The maximum atomic E-state index is 11.9. The Hall–Kier alpha value is -3.88. The first-order valence-electron chi connectivity index (χ1n) is 9.15. The van der Waals surface area contributed by atoms with E-state index in [1.807, 2.05) is 6.92 Å². The van der Waals surface area contributed by atoms with Crippen molar-refractivity contribution in [3.05, 3.63) is 59.7 Å². The fraction of sp³-hybridized carbons (Fsp3) is 0.238. The van der Waals surface area contributed by atoms with Crippen LogP contribution in [0.2, 0.25) is 0 Å². The highest BCUT2D eigenvalue weighted by Gasteiger charge is 2.13. The zero-order valence-electron chi connectivity index (χ0n) is 16.4. The van der Waals surface area contributed by atoms with Crippen molar-refractivity contribution in [2.75, 3.05) is 25.1 Å². The molecule has 0 heterocycles. The molecule has 0 spiro atoms. The van der Waals surface area contributed by atoms with Crippen LogP contribution >= 0.6 is 0 Å². The number of amides is 2. The zero-order valence-corrected chi connectivity index (χ0v) is 16.4. The fourth-order valence-corrected chi connectivity index (χ4v) is 2.29. The Morgan fingerprint density at radius 2 is 1.63 bits per heavy atom. The van der Waals surface area contributed by atoms with Gasteiger partial charge in [0.1, 0.15) is 5.75 Å². The number of hydrogen-bond acceptors (Lipinski definition) is 7. The normalized spacial score (nSPS) is 10.0. The molecule has 2 amide bonds. The number of nitrogens with one attached hydrogen (secondary N) is 1. The number of ether oxygens (including phenoxy) is 3. The largest absolute Gasteiger partial charge is 0.481 e. The van der Waals surface area contributed by atoms with Gasteiger partial charge in [0.15, 0.2) is 13.2 Å². The predicted octanol–water partition coefficient (Wildman–Crippen LogP) is 1.91. The van der Waals surface area contributed by atoms with Gasteiger partial charge in [-0.15, -0.1) is 0 Å². The summed E-state index contributed by atoms with van der Waals surface area (Å²) >= 11 is 0. The second-order valence-electron chi connectivity index (χ2n) is 6.07. The van der Waals surface area contributed by atoms with Crippen LogP contribution in [-0.4, -0.2) is 43.6 Å². The maximum Gasteiger partial charge on any atom is 0.344 e. The van der Waals surface area contributed by atoms with Crippen LogP contribution < -0.4 is 15.8 Å². The average molecular weight is 414 g/mol. The van der Waals surface area contributed by atoms with Crippen LogP contribution in [0.25, 0.3) is 0 Å². The van der Waals surface area contributed by atoms with E-state index in [-0.39, 0.29) is 11.3 Å². The number of primary amides is 1. The van der Waals surface area contributed by atoms with Gasteiger partial charge in [0.05, 0.1) is 17.7 Å². The van der Waals surface area contributed by atoms with Crippen molar-refractivity contribution in [3.8, 4) is 5.75 Å². The molecule has 2 rings (SSSR count). The summed E-state index contributed by atoms with van der Waals surface area (Å²) < 4.78 is 15.1. The van der Waals surface area contributed by atoms with Crippen molar-refractivity contribution < 1.29 is 33.4 Å². The molecule has 0 aliphatic carbocycles. The van der Waals surface area contributed by atoms with E-state index in [9.17, 15) is 19.2 Å². The number of nitrogens with two attached hydrogens (primary N) is 1. The lowest BCUT2D eigenvalue weighted by atomic mass is 10.2. The highest BCUT2D eigenvalue weighted by Crippen LogP contribution is 2.17. The molecule has 2 aromatic rings. The van der Waals surface area contributed by atoms with E-state index in [2.05, 4.69) is 5.32 Å². The molecule has 0 saturated heterocycles. The van der Waals surface area contributed by atoms with Crippen LogP contribution in [0.15, 0.2) is 48.5 Å². The van der Waals surface area contributed by atoms with Gasteiger partial charge in [-0.3, -0.25) is 9.59 Å². The highest BCUT2D eigenvalue weighted by atomic mass is 16.6. The first-order valence-corrected chi connectivity index (χ1v) is 9.15. The Morgan fingerprint density at radius 1 is 0.933 bits per heavy atom. The standard InChI is InChI=1S/C21H22N2O7/c1-2-11-28-21(27)14-7-9-15(10-8-14)23-18(24)12-30-19(25)13-29-17-6-4-3-5-16(17)20(22)26/h3-10H,2,11-13H2,1H3,(H2,22,26)(H,23,24). The van der Waals surface area contributed by atoms with Gasteiger partial charge in [-0.1, -0.05) is 19.1 Å². The smallest absolute Gasteiger partial charge is 0.344 e. The van der Waals surface area contributed by atoms with E-state index >= 15 is 0 Å². The second-order valence-corrected chi connectivity index (χ2v) is 6.07. The first kappa shape index (κ1) is 22.4. The molecule has 0 fully saturated rings. The van der Waals surface area contributed by atoms with Crippen molar-refractivity contribution in [2.24, 2.45) is 5.73 Å². The molecule has 0 aliphatic heterocycles. The summed E-state index contributed by atoms with van der Waals surface area (Å²) in [7, 11) is 0. The molecular formula is C21H22N2O7. The molecule has 0 aliphatic rings. The van der Waals surface area contributed by atoms with Gasteiger partial charge in [-0.25, -0.2) is 9.59 Å². The van der Waals surface area contributed by atoms with Gasteiger partial charge < -0.3 is 25.3 Å².